The molecule has 1 aliphatic rings. The zero-order chi connectivity index (χ0) is 22.0. The zero-order valence-corrected chi connectivity index (χ0v) is 18.0. The van der Waals surface area contributed by atoms with Crippen LogP contribution in [0.15, 0.2) is 41.2 Å². The van der Waals surface area contributed by atoms with Crippen LogP contribution in [0, 0.1) is 13.8 Å². The van der Waals surface area contributed by atoms with Crippen molar-refractivity contribution in [2.45, 2.75) is 32.9 Å². The molecule has 3 aromatic rings. The van der Waals surface area contributed by atoms with Crippen molar-refractivity contribution in [2.24, 2.45) is 0 Å². The van der Waals surface area contributed by atoms with Gasteiger partial charge < -0.3 is 14.6 Å². The van der Waals surface area contributed by atoms with E-state index in [1.165, 1.54) is 6.20 Å². The van der Waals surface area contributed by atoms with E-state index >= 15 is 0 Å². The summed E-state index contributed by atoms with van der Waals surface area (Å²) in [6.07, 6.45) is 3.57. The van der Waals surface area contributed by atoms with Crippen LogP contribution in [0.4, 0.5) is 0 Å². The molecule has 1 N–H and O–H groups in total. The number of rotatable bonds is 6. The fourth-order valence-electron chi connectivity index (χ4n) is 3.32. The van der Waals surface area contributed by atoms with Crippen molar-refractivity contribution in [1.29, 1.82) is 0 Å². The molecule has 10 heteroatoms. The number of hydrogen-bond donors (Lipinski definition) is 1. The van der Waals surface area contributed by atoms with Gasteiger partial charge in [-0.15, -0.1) is 0 Å². The molecule has 0 bridgehead atoms. The van der Waals surface area contributed by atoms with Gasteiger partial charge in [0.2, 0.25) is 5.88 Å². The Morgan fingerprint density at radius 3 is 2.68 bits per heavy atom. The Bertz CT molecular complexity index is 1190. The highest BCUT2D eigenvalue weighted by Crippen LogP contribution is 2.26. The summed E-state index contributed by atoms with van der Waals surface area (Å²) in [4.78, 5) is 20.8. The Hall–Kier alpha value is -3.27. The summed E-state index contributed by atoms with van der Waals surface area (Å²) in [5.74, 6) is 0.702. The molecule has 31 heavy (non-hydrogen) atoms. The summed E-state index contributed by atoms with van der Waals surface area (Å²) in [6, 6.07) is 6.64. The maximum absolute atomic E-state index is 12.3. The van der Waals surface area contributed by atoms with E-state index in [1.807, 2.05) is 19.1 Å². The standard InChI is InChI=1S/C21H22N4O5S/c1-13-3-4-15(9-22-13)20-18(14(2)30-25-20)11-29-19-6-5-16(10-23-19)21(26)24-17-7-8-31(27,28)12-17/h3-6,9-10,17H,7-8,11-12H2,1-2H3,(H,24,26)/t17-/m1/s1. The Morgan fingerprint density at radius 2 is 2.03 bits per heavy atom. The minimum Gasteiger partial charge on any atom is -0.473 e. The molecule has 1 saturated heterocycles. The fourth-order valence-corrected chi connectivity index (χ4v) is 4.99. The molecule has 1 amide bonds. The molecule has 1 fully saturated rings. The minimum absolute atomic E-state index is 0.0235. The van der Waals surface area contributed by atoms with Gasteiger partial charge in [0.1, 0.15) is 18.1 Å². The Morgan fingerprint density at radius 1 is 1.19 bits per heavy atom. The van der Waals surface area contributed by atoms with Gasteiger partial charge in [-0.3, -0.25) is 9.78 Å². The van der Waals surface area contributed by atoms with Gasteiger partial charge in [0.25, 0.3) is 5.91 Å². The lowest BCUT2D eigenvalue weighted by molar-refractivity contribution is 0.0940. The summed E-state index contributed by atoms with van der Waals surface area (Å²) in [7, 11) is -3.06. The summed E-state index contributed by atoms with van der Waals surface area (Å²) in [5.41, 5.74) is 3.52. The Labute approximate surface area is 179 Å². The van der Waals surface area contributed by atoms with Gasteiger partial charge >= 0.3 is 0 Å². The molecule has 4 heterocycles. The molecule has 1 aliphatic heterocycles. The SMILES string of the molecule is Cc1ccc(-c2noc(C)c2COc2ccc(C(=O)N[C@@H]3CCS(=O)(=O)C3)cn2)cn1. The smallest absolute Gasteiger partial charge is 0.253 e. The quantitative estimate of drug-likeness (QED) is 0.616. The minimum atomic E-state index is -3.06. The van der Waals surface area contributed by atoms with Crippen LogP contribution < -0.4 is 10.1 Å². The molecule has 0 aliphatic carbocycles. The molecule has 4 rings (SSSR count). The zero-order valence-electron chi connectivity index (χ0n) is 17.2. The molecule has 0 aromatic carbocycles. The van der Waals surface area contributed by atoms with Crippen LogP contribution in [0.5, 0.6) is 5.88 Å². The first-order valence-electron chi connectivity index (χ1n) is 9.79. The number of ether oxygens (including phenoxy) is 1. The summed E-state index contributed by atoms with van der Waals surface area (Å²) < 4.78 is 34.2. The molecular formula is C21H22N4O5S. The molecule has 0 unspecified atom stereocenters. The first kappa shape index (κ1) is 21.0. The molecule has 0 spiro atoms. The van der Waals surface area contributed by atoms with Gasteiger partial charge in [0.05, 0.1) is 22.6 Å². The number of sulfone groups is 1. The second-order valence-corrected chi connectivity index (χ2v) is 9.73. The van der Waals surface area contributed by atoms with Gasteiger partial charge in [-0.2, -0.15) is 0 Å². The fraction of sp³-hybridized carbons (Fsp3) is 0.333. The van der Waals surface area contributed by atoms with Crippen LogP contribution in [0.2, 0.25) is 0 Å². The van der Waals surface area contributed by atoms with Crippen molar-refractivity contribution < 1.29 is 22.5 Å². The number of aryl methyl sites for hydroxylation is 2. The van der Waals surface area contributed by atoms with E-state index in [-0.39, 0.29) is 30.1 Å². The Balaban J connectivity index is 1.40. The predicted molar refractivity (Wildman–Crippen MR) is 112 cm³/mol. The number of carbonyl (C=O) groups is 1. The lowest BCUT2D eigenvalue weighted by Gasteiger charge is -2.11. The summed E-state index contributed by atoms with van der Waals surface area (Å²) in [5, 5.41) is 6.85. The second-order valence-electron chi connectivity index (χ2n) is 7.50. The third-order valence-electron chi connectivity index (χ3n) is 5.10. The molecule has 3 aromatic heterocycles. The normalized spacial score (nSPS) is 17.4. The average Bonchev–Trinajstić information content (AvgIpc) is 3.28. The molecule has 0 radical (unpaired) electrons. The van der Waals surface area contributed by atoms with Gasteiger partial charge in [-0.25, -0.2) is 13.4 Å². The maximum Gasteiger partial charge on any atom is 0.253 e. The number of pyridine rings is 2. The molecule has 1 atom stereocenters. The van der Waals surface area contributed by atoms with E-state index in [2.05, 4.69) is 20.4 Å². The molecular weight excluding hydrogens is 420 g/mol. The summed E-state index contributed by atoms with van der Waals surface area (Å²) in [6.45, 7) is 3.91. The van der Waals surface area contributed by atoms with Crippen LogP contribution in [0.1, 0.15) is 33.8 Å². The largest absolute Gasteiger partial charge is 0.473 e. The second kappa shape index (κ2) is 8.46. The number of amides is 1. The van der Waals surface area contributed by atoms with E-state index < -0.39 is 9.84 Å². The number of hydrogen-bond acceptors (Lipinski definition) is 8. The monoisotopic (exact) mass is 442 g/mol. The van der Waals surface area contributed by atoms with Crippen LogP contribution in [-0.2, 0) is 16.4 Å². The van der Waals surface area contributed by atoms with E-state index in [1.54, 1.807) is 25.3 Å². The number of nitrogens with one attached hydrogen (secondary N) is 1. The number of aromatic nitrogens is 3. The molecule has 0 saturated carbocycles. The highest BCUT2D eigenvalue weighted by Gasteiger charge is 2.29. The lowest BCUT2D eigenvalue weighted by Crippen LogP contribution is -2.35. The van der Waals surface area contributed by atoms with Crippen LogP contribution in [-0.4, -0.2) is 47.0 Å². The van der Waals surface area contributed by atoms with Crippen molar-refractivity contribution in [3.05, 3.63) is 59.2 Å². The van der Waals surface area contributed by atoms with Gasteiger partial charge in [-0.05, 0) is 38.5 Å². The van der Waals surface area contributed by atoms with Crippen LogP contribution >= 0.6 is 0 Å². The molecule has 162 valence electrons. The predicted octanol–water partition coefficient (Wildman–Crippen LogP) is 2.24. The topological polar surface area (TPSA) is 124 Å². The first-order chi connectivity index (χ1) is 14.8. The van der Waals surface area contributed by atoms with E-state index in [4.69, 9.17) is 9.26 Å². The van der Waals surface area contributed by atoms with Gasteiger partial charge in [0, 0.05) is 35.8 Å². The van der Waals surface area contributed by atoms with Gasteiger partial charge in [0.15, 0.2) is 9.84 Å². The maximum atomic E-state index is 12.3. The Kier molecular flexibility index (Phi) is 5.73. The third-order valence-corrected chi connectivity index (χ3v) is 6.87. The number of carbonyl (C=O) groups excluding carboxylic acids is 1. The van der Waals surface area contributed by atoms with Crippen LogP contribution in [0.25, 0.3) is 11.3 Å². The van der Waals surface area contributed by atoms with E-state index in [9.17, 15) is 13.2 Å². The molecule has 9 nitrogen and oxygen atoms in total. The van der Waals surface area contributed by atoms with Crippen molar-refractivity contribution >= 4 is 15.7 Å². The van der Waals surface area contributed by atoms with E-state index in [0.29, 0.717) is 29.3 Å². The average molecular weight is 442 g/mol. The number of nitrogens with zero attached hydrogens (tertiary/aromatic N) is 3. The summed E-state index contributed by atoms with van der Waals surface area (Å²) >= 11 is 0. The van der Waals surface area contributed by atoms with Crippen LogP contribution in [0.3, 0.4) is 0 Å². The first-order valence-corrected chi connectivity index (χ1v) is 11.6. The van der Waals surface area contributed by atoms with Crippen molar-refractivity contribution in [3.63, 3.8) is 0 Å². The van der Waals surface area contributed by atoms with Crippen molar-refractivity contribution in [3.8, 4) is 17.1 Å². The van der Waals surface area contributed by atoms with Gasteiger partial charge in [-0.1, -0.05) is 5.16 Å². The highest BCUT2D eigenvalue weighted by molar-refractivity contribution is 7.91. The van der Waals surface area contributed by atoms with E-state index in [0.717, 1.165) is 16.8 Å². The highest BCUT2D eigenvalue weighted by atomic mass is 32.2. The lowest BCUT2D eigenvalue weighted by atomic mass is 10.1. The van der Waals surface area contributed by atoms with Crippen molar-refractivity contribution in [2.75, 3.05) is 11.5 Å². The van der Waals surface area contributed by atoms with Crippen molar-refractivity contribution in [1.82, 2.24) is 20.4 Å². The third kappa shape index (κ3) is 4.91.